The van der Waals surface area contributed by atoms with Crippen LogP contribution in [0.25, 0.3) is 0 Å². The van der Waals surface area contributed by atoms with Crippen molar-refractivity contribution in [1.82, 2.24) is 0 Å². The van der Waals surface area contributed by atoms with Crippen LogP contribution in [0.4, 0.5) is 15.8 Å². The van der Waals surface area contributed by atoms with Crippen LogP contribution in [0.3, 0.4) is 0 Å². The minimum Gasteiger partial charge on any atom is -0.385 e. The number of benzene rings is 1. The number of nitrogens with one attached hydrogen (secondary N) is 1. The molecule has 0 radical (unpaired) electrons. The Hall–Kier alpha value is -1.25. The molecule has 1 N–H and O–H groups in total. The van der Waals surface area contributed by atoms with Crippen LogP contribution in [0.2, 0.25) is 0 Å². The first-order valence-electron chi connectivity index (χ1n) is 6.16. The van der Waals surface area contributed by atoms with E-state index in [9.17, 15) is 4.39 Å². The monoisotopic (exact) mass is 220 g/mol. The normalized spacial score (nSPS) is 19.4. The van der Waals surface area contributed by atoms with Crippen molar-refractivity contribution in [3.05, 3.63) is 23.5 Å². The van der Waals surface area contributed by atoms with E-state index in [0.717, 1.165) is 43.9 Å². The highest BCUT2D eigenvalue weighted by Crippen LogP contribution is 2.31. The molecule has 1 aromatic rings. The number of rotatable bonds is 1. The third kappa shape index (κ3) is 1.64. The fourth-order valence-corrected chi connectivity index (χ4v) is 2.68. The highest BCUT2D eigenvalue weighted by atomic mass is 19.1. The van der Waals surface area contributed by atoms with E-state index in [4.69, 9.17) is 0 Å². The Labute approximate surface area is 95.4 Å². The Kier molecular flexibility index (Phi) is 2.46. The molecule has 1 aromatic carbocycles. The number of anilines is 2. The number of nitrogens with zero attached hydrogens (tertiary/aromatic N) is 1. The second-order valence-electron chi connectivity index (χ2n) is 4.69. The average Bonchev–Trinajstić information content (AvgIpc) is 2.81. The number of hydrogen-bond acceptors (Lipinski definition) is 2. The summed E-state index contributed by atoms with van der Waals surface area (Å²) < 4.78 is 13.9. The Morgan fingerprint density at radius 3 is 2.75 bits per heavy atom. The van der Waals surface area contributed by atoms with E-state index in [1.807, 2.05) is 6.07 Å². The third-order valence-corrected chi connectivity index (χ3v) is 3.56. The molecule has 0 bridgehead atoms. The average molecular weight is 220 g/mol. The smallest absolute Gasteiger partial charge is 0.148 e. The van der Waals surface area contributed by atoms with Crippen LogP contribution >= 0.6 is 0 Å². The van der Waals surface area contributed by atoms with Gasteiger partial charge in [-0.25, -0.2) is 4.39 Å². The number of fused-ring (bicyclic) bond motifs is 1. The predicted molar refractivity (Wildman–Crippen MR) is 64.7 cm³/mol. The molecule has 3 rings (SSSR count). The largest absolute Gasteiger partial charge is 0.385 e. The highest BCUT2D eigenvalue weighted by Gasteiger charge is 2.19. The van der Waals surface area contributed by atoms with Crippen LogP contribution in [0.1, 0.15) is 24.8 Å². The summed E-state index contributed by atoms with van der Waals surface area (Å²) >= 11 is 0. The maximum absolute atomic E-state index is 13.9. The predicted octanol–water partition coefficient (Wildman–Crippen LogP) is 2.78. The zero-order valence-electron chi connectivity index (χ0n) is 9.43. The van der Waals surface area contributed by atoms with Crippen LogP contribution in [-0.4, -0.2) is 19.6 Å². The van der Waals surface area contributed by atoms with Crippen LogP contribution in [0.15, 0.2) is 12.1 Å². The van der Waals surface area contributed by atoms with Gasteiger partial charge in [0.05, 0.1) is 5.69 Å². The molecule has 16 heavy (non-hydrogen) atoms. The summed E-state index contributed by atoms with van der Waals surface area (Å²) in [6.45, 7) is 2.97. The van der Waals surface area contributed by atoms with E-state index in [1.165, 1.54) is 18.4 Å². The maximum atomic E-state index is 13.9. The first-order chi connectivity index (χ1) is 7.84. The van der Waals surface area contributed by atoms with E-state index in [1.54, 1.807) is 6.07 Å². The van der Waals surface area contributed by atoms with Crippen molar-refractivity contribution in [3.63, 3.8) is 0 Å². The highest BCUT2D eigenvalue weighted by molar-refractivity contribution is 5.62. The van der Waals surface area contributed by atoms with Gasteiger partial charge in [0.1, 0.15) is 5.82 Å². The molecule has 2 aliphatic heterocycles. The summed E-state index contributed by atoms with van der Waals surface area (Å²) in [4.78, 5) is 2.17. The molecule has 2 heterocycles. The number of aryl methyl sites for hydroxylation is 1. The van der Waals surface area contributed by atoms with Gasteiger partial charge in [0.15, 0.2) is 0 Å². The Balaban J connectivity index is 1.98. The van der Waals surface area contributed by atoms with Crippen molar-refractivity contribution in [2.45, 2.75) is 25.7 Å². The van der Waals surface area contributed by atoms with Crippen LogP contribution in [0.5, 0.6) is 0 Å². The van der Waals surface area contributed by atoms with E-state index in [-0.39, 0.29) is 5.82 Å². The van der Waals surface area contributed by atoms with Gasteiger partial charge in [0.2, 0.25) is 0 Å². The van der Waals surface area contributed by atoms with E-state index in [2.05, 4.69) is 10.2 Å². The molecule has 2 nitrogen and oxygen atoms in total. The molecule has 0 aliphatic carbocycles. The molecular formula is C13H17FN2. The third-order valence-electron chi connectivity index (χ3n) is 3.56. The van der Waals surface area contributed by atoms with Crippen molar-refractivity contribution in [1.29, 1.82) is 0 Å². The second kappa shape index (κ2) is 3.96. The van der Waals surface area contributed by atoms with Gasteiger partial charge >= 0.3 is 0 Å². The maximum Gasteiger partial charge on any atom is 0.148 e. The number of halogens is 1. The second-order valence-corrected chi connectivity index (χ2v) is 4.69. The first-order valence-corrected chi connectivity index (χ1v) is 6.16. The molecule has 3 heteroatoms. The van der Waals surface area contributed by atoms with Gasteiger partial charge in [-0.3, -0.25) is 0 Å². The Morgan fingerprint density at radius 2 is 1.94 bits per heavy atom. The molecule has 2 aliphatic rings. The zero-order valence-corrected chi connectivity index (χ0v) is 9.43. The molecule has 1 saturated heterocycles. The lowest BCUT2D eigenvalue weighted by Gasteiger charge is -2.23. The van der Waals surface area contributed by atoms with Gasteiger partial charge in [0, 0.05) is 25.3 Å². The molecule has 0 unspecified atom stereocenters. The number of hydrogen-bond donors (Lipinski definition) is 1. The van der Waals surface area contributed by atoms with Gasteiger partial charge in [-0.05, 0) is 43.4 Å². The summed E-state index contributed by atoms with van der Waals surface area (Å²) in [6, 6.07) is 3.71. The summed E-state index contributed by atoms with van der Waals surface area (Å²) in [7, 11) is 0. The van der Waals surface area contributed by atoms with Crippen LogP contribution < -0.4 is 10.2 Å². The van der Waals surface area contributed by atoms with Gasteiger partial charge in [0.25, 0.3) is 0 Å². The quantitative estimate of drug-likeness (QED) is 0.783. The molecular weight excluding hydrogens is 203 g/mol. The lowest BCUT2D eigenvalue weighted by molar-refractivity contribution is 0.621. The molecule has 86 valence electrons. The van der Waals surface area contributed by atoms with E-state index in [0.29, 0.717) is 0 Å². The summed E-state index contributed by atoms with van der Waals surface area (Å²) in [5, 5.41) is 3.26. The Bertz CT molecular complexity index is 397. The summed E-state index contributed by atoms with van der Waals surface area (Å²) in [5.41, 5.74) is 3.07. The Morgan fingerprint density at radius 1 is 1.12 bits per heavy atom. The molecule has 0 spiro atoms. The molecule has 0 saturated carbocycles. The van der Waals surface area contributed by atoms with Crippen molar-refractivity contribution >= 4 is 11.4 Å². The zero-order chi connectivity index (χ0) is 11.0. The van der Waals surface area contributed by atoms with Gasteiger partial charge in [-0.1, -0.05) is 0 Å². The van der Waals surface area contributed by atoms with Crippen molar-refractivity contribution in [2.75, 3.05) is 29.9 Å². The van der Waals surface area contributed by atoms with E-state index >= 15 is 0 Å². The molecule has 0 atom stereocenters. The summed E-state index contributed by atoms with van der Waals surface area (Å²) in [6.07, 6.45) is 4.60. The topological polar surface area (TPSA) is 15.3 Å². The lowest BCUT2D eigenvalue weighted by atomic mass is 10.0. The first kappa shape index (κ1) is 9.94. The van der Waals surface area contributed by atoms with Crippen molar-refractivity contribution in [3.8, 4) is 0 Å². The van der Waals surface area contributed by atoms with Crippen molar-refractivity contribution in [2.24, 2.45) is 0 Å². The molecule has 0 aromatic heterocycles. The van der Waals surface area contributed by atoms with E-state index < -0.39 is 0 Å². The van der Waals surface area contributed by atoms with Crippen LogP contribution in [-0.2, 0) is 6.42 Å². The van der Waals surface area contributed by atoms with Crippen LogP contribution in [0, 0.1) is 5.82 Å². The fraction of sp³-hybridized carbons (Fsp3) is 0.538. The van der Waals surface area contributed by atoms with Crippen molar-refractivity contribution < 1.29 is 4.39 Å². The SMILES string of the molecule is Fc1cc2c(cc1N1CCCC1)CCCN2. The molecule has 1 fully saturated rings. The minimum atomic E-state index is -0.0740. The van der Waals surface area contributed by atoms with Gasteiger partial charge in [-0.15, -0.1) is 0 Å². The van der Waals surface area contributed by atoms with Gasteiger partial charge < -0.3 is 10.2 Å². The fourth-order valence-electron chi connectivity index (χ4n) is 2.68. The minimum absolute atomic E-state index is 0.0740. The summed E-state index contributed by atoms with van der Waals surface area (Å²) in [5.74, 6) is -0.0740. The molecule has 0 amide bonds. The standard InChI is InChI=1S/C13H17FN2/c14-11-9-12-10(4-3-5-15-12)8-13(11)16-6-1-2-7-16/h8-9,15H,1-7H2. The van der Waals surface area contributed by atoms with Gasteiger partial charge in [-0.2, -0.15) is 0 Å². The lowest BCUT2D eigenvalue weighted by Crippen LogP contribution is -2.20.